The summed E-state index contributed by atoms with van der Waals surface area (Å²) in [6.07, 6.45) is 0. The van der Waals surface area contributed by atoms with Crippen molar-refractivity contribution in [1.29, 1.82) is 5.41 Å². The van der Waals surface area contributed by atoms with Gasteiger partial charge in [-0.3, -0.25) is 15.0 Å². The summed E-state index contributed by atoms with van der Waals surface area (Å²) in [6, 6.07) is 7.35. The lowest BCUT2D eigenvalue weighted by molar-refractivity contribution is 0.0949. The largest absolute Gasteiger partial charge is 0.494 e. The highest BCUT2D eigenvalue weighted by molar-refractivity contribution is 6.05. The molecule has 1 aliphatic heterocycles. The molecule has 2 N–H and O–H groups in total. The van der Waals surface area contributed by atoms with E-state index < -0.39 is 0 Å². The maximum absolute atomic E-state index is 13.2. The first-order valence-corrected chi connectivity index (χ1v) is 11.1. The van der Waals surface area contributed by atoms with Gasteiger partial charge in [0.15, 0.2) is 17.2 Å². The summed E-state index contributed by atoms with van der Waals surface area (Å²) < 4.78 is 11.3. The standard InChI is InChI=1S/C25H32N4O4/c1-7-32-18-10-15(9-17(12-18)25(3,4)5)19(30)14-29-13-16-11-20(33-8-2)22(24(31)27-6)28-21(16)23(29)26/h9-12,26H,7-8,13-14H2,1-6H3,(H,27,31). The van der Waals surface area contributed by atoms with Gasteiger partial charge in [0.1, 0.15) is 17.3 Å². The maximum atomic E-state index is 13.2. The van der Waals surface area contributed by atoms with Gasteiger partial charge in [0, 0.05) is 24.7 Å². The summed E-state index contributed by atoms with van der Waals surface area (Å²) in [6.45, 7) is 11.3. The summed E-state index contributed by atoms with van der Waals surface area (Å²) in [7, 11) is 1.52. The summed E-state index contributed by atoms with van der Waals surface area (Å²) >= 11 is 0. The minimum absolute atomic E-state index is 0.0215. The highest BCUT2D eigenvalue weighted by atomic mass is 16.5. The van der Waals surface area contributed by atoms with Crippen LogP contribution in [-0.2, 0) is 12.0 Å². The molecule has 2 heterocycles. The Morgan fingerprint density at radius 3 is 2.42 bits per heavy atom. The van der Waals surface area contributed by atoms with Crippen molar-refractivity contribution in [3.05, 3.63) is 52.3 Å². The van der Waals surface area contributed by atoms with Gasteiger partial charge in [0.25, 0.3) is 5.91 Å². The van der Waals surface area contributed by atoms with Crippen LogP contribution in [0, 0.1) is 5.41 Å². The minimum Gasteiger partial charge on any atom is -0.494 e. The number of aromatic nitrogens is 1. The molecule has 1 aromatic carbocycles. The molecule has 0 saturated carbocycles. The molecule has 0 bridgehead atoms. The van der Waals surface area contributed by atoms with Crippen LogP contribution in [0.25, 0.3) is 0 Å². The van der Waals surface area contributed by atoms with Gasteiger partial charge >= 0.3 is 0 Å². The molecule has 8 nitrogen and oxygen atoms in total. The van der Waals surface area contributed by atoms with Crippen molar-refractivity contribution in [1.82, 2.24) is 15.2 Å². The van der Waals surface area contributed by atoms with Gasteiger partial charge in [-0.05, 0) is 49.1 Å². The zero-order valence-corrected chi connectivity index (χ0v) is 20.2. The van der Waals surface area contributed by atoms with Gasteiger partial charge in [-0.1, -0.05) is 20.8 Å². The van der Waals surface area contributed by atoms with E-state index in [0.29, 0.717) is 42.5 Å². The Kier molecular flexibility index (Phi) is 7.05. The van der Waals surface area contributed by atoms with E-state index in [-0.39, 0.29) is 35.2 Å². The van der Waals surface area contributed by atoms with Crippen LogP contribution in [0.15, 0.2) is 24.3 Å². The number of amidine groups is 1. The number of carbonyl (C=O) groups excluding carboxylic acids is 2. The molecule has 0 spiro atoms. The fraction of sp³-hybridized carbons (Fsp3) is 0.440. The van der Waals surface area contributed by atoms with Crippen LogP contribution < -0.4 is 14.8 Å². The van der Waals surface area contributed by atoms with Gasteiger partial charge in [-0.15, -0.1) is 0 Å². The third-order valence-electron chi connectivity index (χ3n) is 5.45. The van der Waals surface area contributed by atoms with Gasteiger partial charge in [0.2, 0.25) is 0 Å². The number of hydrogen-bond acceptors (Lipinski definition) is 6. The van der Waals surface area contributed by atoms with E-state index in [1.807, 2.05) is 26.0 Å². The predicted octanol–water partition coefficient (Wildman–Crippen LogP) is 3.56. The van der Waals surface area contributed by atoms with Crippen LogP contribution in [0.3, 0.4) is 0 Å². The Bertz CT molecular complexity index is 1090. The molecule has 0 aliphatic carbocycles. The third kappa shape index (κ3) is 5.16. The van der Waals surface area contributed by atoms with Crippen molar-refractivity contribution in [3.8, 4) is 11.5 Å². The zero-order chi connectivity index (χ0) is 24.3. The Morgan fingerprint density at radius 2 is 1.82 bits per heavy atom. The summed E-state index contributed by atoms with van der Waals surface area (Å²) in [5.41, 5.74) is 2.69. The van der Waals surface area contributed by atoms with Crippen LogP contribution >= 0.6 is 0 Å². The number of carbonyl (C=O) groups is 2. The van der Waals surface area contributed by atoms with E-state index in [4.69, 9.17) is 14.9 Å². The SMILES string of the molecule is CCOc1cc(C(=O)CN2Cc3cc(OCC)c(C(=O)NC)nc3C2=N)cc(C(C)(C)C)c1. The Balaban J connectivity index is 1.88. The number of pyridine rings is 1. The van der Waals surface area contributed by atoms with Gasteiger partial charge in [0.05, 0.1) is 19.8 Å². The monoisotopic (exact) mass is 452 g/mol. The number of ether oxygens (including phenoxy) is 2. The lowest BCUT2D eigenvalue weighted by Crippen LogP contribution is -2.31. The fourth-order valence-corrected chi connectivity index (χ4v) is 3.68. The van der Waals surface area contributed by atoms with E-state index in [2.05, 4.69) is 31.1 Å². The highest BCUT2D eigenvalue weighted by Gasteiger charge is 2.31. The second kappa shape index (κ2) is 9.60. The van der Waals surface area contributed by atoms with Crippen molar-refractivity contribution < 1.29 is 19.1 Å². The molecule has 0 fully saturated rings. The number of ketones is 1. The van der Waals surface area contributed by atoms with E-state index in [1.165, 1.54) is 7.05 Å². The summed E-state index contributed by atoms with van der Waals surface area (Å²) in [4.78, 5) is 31.5. The van der Waals surface area contributed by atoms with Crippen LogP contribution in [0.2, 0.25) is 0 Å². The first kappa shape index (κ1) is 24.2. The Labute approximate surface area is 194 Å². The predicted molar refractivity (Wildman–Crippen MR) is 127 cm³/mol. The molecule has 33 heavy (non-hydrogen) atoms. The van der Waals surface area contributed by atoms with Gasteiger partial charge < -0.3 is 19.7 Å². The molecule has 0 radical (unpaired) electrons. The number of rotatable bonds is 8. The number of nitrogens with one attached hydrogen (secondary N) is 2. The van der Waals surface area contributed by atoms with Crippen LogP contribution in [0.5, 0.6) is 11.5 Å². The van der Waals surface area contributed by atoms with Crippen molar-refractivity contribution in [2.45, 2.75) is 46.6 Å². The van der Waals surface area contributed by atoms with E-state index in [0.717, 1.165) is 11.1 Å². The number of nitrogens with zero attached hydrogens (tertiary/aromatic N) is 2. The average molecular weight is 453 g/mol. The van der Waals surface area contributed by atoms with Crippen molar-refractivity contribution in [3.63, 3.8) is 0 Å². The molecule has 1 aliphatic rings. The number of amides is 1. The second-order valence-corrected chi connectivity index (χ2v) is 8.91. The van der Waals surface area contributed by atoms with Crippen molar-refractivity contribution in [2.75, 3.05) is 26.8 Å². The molecule has 0 atom stereocenters. The van der Waals surface area contributed by atoms with Crippen molar-refractivity contribution in [2.24, 2.45) is 0 Å². The highest BCUT2D eigenvalue weighted by Crippen LogP contribution is 2.30. The molecule has 1 aromatic heterocycles. The average Bonchev–Trinajstić information content (AvgIpc) is 3.06. The topological polar surface area (TPSA) is 105 Å². The minimum atomic E-state index is -0.383. The normalized spacial score (nSPS) is 13.0. The van der Waals surface area contributed by atoms with Crippen LogP contribution in [-0.4, -0.2) is 54.2 Å². The number of Topliss-reactive ketones (excluding diaryl/α,β-unsaturated/α-hetero) is 1. The zero-order valence-electron chi connectivity index (χ0n) is 20.2. The summed E-state index contributed by atoms with van der Waals surface area (Å²) in [5, 5.41) is 11.1. The van der Waals surface area contributed by atoms with Crippen molar-refractivity contribution >= 4 is 17.5 Å². The molecule has 8 heteroatoms. The quantitative estimate of drug-likeness (QED) is 0.594. The molecule has 2 aromatic rings. The lowest BCUT2D eigenvalue weighted by atomic mass is 9.85. The number of benzene rings is 1. The van der Waals surface area contributed by atoms with E-state index in [1.54, 1.807) is 17.0 Å². The Morgan fingerprint density at radius 1 is 1.12 bits per heavy atom. The number of fused-ring (bicyclic) bond motifs is 1. The van der Waals surface area contributed by atoms with Crippen LogP contribution in [0.4, 0.5) is 0 Å². The summed E-state index contributed by atoms with van der Waals surface area (Å²) in [5.74, 6) is 0.646. The maximum Gasteiger partial charge on any atom is 0.273 e. The molecular formula is C25H32N4O4. The second-order valence-electron chi connectivity index (χ2n) is 8.91. The first-order chi connectivity index (χ1) is 15.6. The molecule has 0 unspecified atom stereocenters. The van der Waals surface area contributed by atoms with E-state index >= 15 is 0 Å². The number of hydrogen-bond donors (Lipinski definition) is 2. The fourth-order valence-electron chi connectivity index (χ4n) is 3.68. The smallest absolute Gasteiger partial charge is 0.273 e. The first-order valence-electron chi connectivity index (χ1n) is 11.1. The molecule has 3 rings (SSSR count). The molecule has 0 saturated heterocycles. The molecule has 176 valence electrons. The van der Waals surface area contributed by atoms with Gasteiger partial charge in [-0.25, -0.2) is 4.98 Å². The Hall–Kier alpha value is -3.42. The molecular weight excluding hydrogens is 420 g/mol. The van der Waals surface area contributed by atoms with Gasteiger partial charge in [-0.2, -0.15) is 0 Å². The van der Waals surface area contributed by atoms with Crippen LogP contribution in [0.1, 0.15) is 72.3 Å². The third-order valence-corrected chi connectivity index (χ3v) is 5.45. The lowest BCUT2D eigenvalue weighted by Gasteiger charge is -2.22. The van der Waals surface area contributed by atoms with E-state index in [9.17, 15) is 9.59 Å². The molecule has 1 amide bonds.